The van der Waals surface area contributed by atoms with Crippen molar-refractivity contribution in [2.45, 2.75) is 18.6 Å². The minimum absolute atomic E-state index is 0.0449. The Morgan fingerprint density at radius 3 is 2.74 bits per heavy atom. The molecule has 5 nitrogen and oxygen atoms in total. The molecule has 19 heavy (non-hydrogen) atoms. The summed E-state index contributed by atoms with van der Waals surface area (Å²) in [6.07, 6.45) is -0.947. The van der Waals surface area contributed by atoms with Gasteiger partial charge in [0.2, 0.25) is 0 Å². The third-order valence-electron chi connectivity index (χ3n) is 2.98. The van der Waals surface area contributed by atoms with Gasteiger partial charge in [0.25, 0.3) is 5.91 Å². The van der Waals surface area contributed by atoms with E-state index in [1.165, 1.54) is 12.1 Å². The molecule has 1 aromatic carbocycles. The average molecular weight is 332 g/mol. The van der Waals surface area contributed by atoms with Gasteiger partial charge in [-0.05, 0) is 18.2 Å². The molecule has 1 fully saturated rings. The Morgan fingerprint density at radius 1 is 1.42 bits per heavy atom. The van der Waals surface area contributed by atoms with Crippen molar-refractivity contribution >= 4 is 27.8 Å². The summed E-state index contributed by atoms with van der Waals surface area (Å²) in [5, 5.41) is 18.5. The summed E-state index contributed by atoms with van der Waals surface area (Å²) in [4.78, 5) is 24.2. The number of aliphatic carboxylic acids is 1. The monoisotopic (exact) mass is 331 g/mol. The van der Waals surface area contributed by atoms with Crippen LogP contribution in [0.5, 0.6) is 0 Å². The second-order valence-corrected chi connectivity index (χ2v) is 5.24. The molecule has 0 spiro atoms. The molecule has 0 bridgehead atoms. The average Bonchev–Trinajstić information content (AvgIpc) is 2.74. The Kier molecular flexibility index (Phi) is 3.86. The molecular weight excluding hydrogens is 321 g/mol. The summed E-state index contributed by atoms with van der Waals surface area (Å²) in [7, 11) is 0. The molecule has 0 radical (unpaired) electrons. The molecule has 2 rings (SSSR count). The van der Waals surface area contributed by atoms with Crippen molar-refractivity contribution in [2.75, 3.05) is 6.54 Å². The highest BCUT2D eigenvalue weighted by molar-refractivity contribution is 9.10. The van der Waals surface area contributed by atoms with E-state index in [0.29, 0.717) is 4.47 Å². The first-order valence-corrected chi connectivity index (χ1v) is 6.36. The van der Waals surface area contributed by atoms with E-state index in [4.69, 9.17) is 5.11 Å². The predicted octanol–water partition coefficient (Wildman–Crippen LogP) is 1.25. The third kappa shape index (κ3) is 2.76. The molecule has 1 aliphatic rings. The first-order chi connectivity index (χ1) is 8.90. The van der Waals surface area contributed by atoms with Crippen molar-refractivity contribution in [3.63, 3.8) is 0 Å². The maximum Gasteiger partial charge on any atom is 0.326 e. The molecule has 1 saturated heterocycles. The Hall–Kier alpha value is -1.47. The number of rotatable bonds is 2. The number of carbonyl (C=O) groups excluding carboxylic acids is 1. The molecule has 0 aliphatic carbocycles. The topological polar surface area (TPSA) is 77.8 Å². The van der Waals surface area contributed by atoms with Gasteiger partial charge in [-0.25, -0.2) is 9.18 Å². The van der Waals surface area contributed by atoms with E-state index in [1.54, 1.807) is 0 Å². The Balaban J connectivity index is 2.33. The van der Waals surface area contributed by atoms with Gasteiger partial charge in [0.1, 0.15) is 11.9 Å². The van der Waals surface area contributed by atoms with Crippen LogP contribution in [-0.4, -0.2) is 45.7 Å². The van der Waals surface area contributed by atoms with E-state index in [2.05, 4.69) is 15.9 Å². The number of benzene rings is 1. The lowest BCUT2D eigenvalue weighted by molar-refractivity contribution is -0.141. The zero-order valence-corrected chi connectivity index (χ0v) is 11.3. The summed E-state index contributed by atoms with van der Waals surface area (Å²) in [6, 6.07) is 2.74. The number of aliphatic hydroxyl groups is 1. The summed E-state index contributed by atoms with van der Waals surface area (Å²) in [5.74, 6) is -2.67. The van der Waals surface area contributed by atoms with Gasteiger partial charge in [-0.2, -0.15) is 0 Å². The van der Waals surface area contributed by atoms with Crippen LogP contribution in [0.3, 0.4) is 0 Å². The first kappa shape index (κ1) is 14.0. The van der Waals surface area contributed by atoms with Crippen molar-refractivity contribution in [1.29, 1.82) is 0 Å². The molecule has 1 aromatic rings. The minimum atomic E-state index is -1.21. The van der Waals surface area contributed by atoms with Gasteiger partial charge in [-0.3, -0.25) is 4.79 Å². The quantitative estimate of drug-likeness (QED) is 0.854. The van der Waals surface area contributed by atoms with Gasteiger partial charge in [-0.1, -0.05) is 15.9 Å². The Morgan fingerprint density at radius 2 is 2.11 bits per heavy atom. The smallest absolute Gasteiger partial charge is 0.326 e. The van der Waals surface area contributed by atoms with E-state index < -0.39 is 29.8 Å². The minimum Gasteiger partial charge on any atom is -0.480 e. The summed E-state index contributed by atoms with van der Waals surface area (Å²) in [5.41, 5.74) is -0.213. The molecule has 0 aromatic heterocycles. The molecule has 1 aliphatic heterocycles. The lowest BCUT2D eigenvalue weighted by atomic mass is 10.1. The lowest BCUT2D eigenvalue weighted by Crippen LogP contribution is -2.40. The number of hydrogen-bond acceptors (Lipinski definition) is 3. The number of halogens is 2. The van der Waals surface area contributed by atoms with Crippen LogP contribution in [-0.2, 0) is 4.79 Å². The summed E-state index contributed by atoms with van der Waals surface area (Å²) in [6.45, 7) is -0.109. The number of carbonyl (C=O) groups is 2. The number of carboxylic acids is 1. The van der Waals surface area contributed by atoms with Crippen molar-refractivity contribution in [2.24, 2.45) is 0 Å². The fourth-order valence-electron chi connectivity index (χ4n) is 2.09. The van der Waals surface area contributed by atoms with E-state index in [1.807, 2.05) is 0 Å². The molecule has 1 heterocycles. The normalized spacial score (nSPS) is 22.6. The van der Waals surface area contributed by atoms with Gasteiger partial charge in [0, 0.05) is 17.4 Å². The van der Waals surface area contributed by atoms with Crippen molar-refractivity contribution in [3.8, 4) is 0 Å². The number of carboxylic acid groups (broad SMARTS) is 1. The summed E-state index contributed by atoms with van der Waals surface area (Å²) >= 11 is 3.13. The van der Waals surface area contributed by atoms with Crippen LogP contribution in [0.4, 0.5) is 4.39 Å². The number of amides is 1. The SMILES string of the molecule is O=C(O)[C@H]1C[C@@H](O)CN1C(=O)c1cc(Br)ccc1F. The number of β-amino-alcohol motifs (C(OH)–C–C–N with tert-alkyl or cyclic N) is 1. The maximum atomic E-state index is 13.6. The molecule has 1 amide bonds. The van der Waals surface area contributed by atoms with E-state index >= 15 is 0 Å². The maximum absolute atomic E-state index is 13.6. The van der Waals surface area contributed by atoms with Crippen LogP contribution in [0.25, 0.3) is 0 Å². The van der Waals surface area contributed by atoms with Gasteiger partial charge in [-0.15, -0.1) is 0 Å². The van der Waals surface area contributed by atoms with E-state index in [9.17, 15) is 19.1 Å². The molecule has 2 atom stereocenters. The molecular formula is C12H11BrFNO4. The Labute approximate surface area is 116 Å². The van der Waals surface area contributed by atoms with Crippen LogP contribution in [0.2, 0.25) is 0 Å². The van der Waals surface area contributed by atoms with Gasteiger partial charge in [0.05, 0.1) is 11.7 Å². The standard InChI is InChI=1S/C12H11BrFNO4/c13-6-1-2-9(14)8(3-6)11(17)15-5-7(16)4-10(15)12(18)19/h1-3,7,10,16H,4-5H2,(H,18,19)/t7-,10-/m1/s1. The zero-order valence-electron chi connectivity index (χ0n) is 9.72. The van der Waals surface area contributed by atoms with Gasteiger partial charge in [0.15, 0.2) is 0 Å². The zero-order chi connectivity index (χ0) is 14.2. The molecule has 0 saturated carbocycles. The summed E-state index contributed by atoms with van der Waals surface area (Å²) < 4.78 is 14.1. The molecule has 7 heteroatoms. The second kappa shape index (κ2) is 5.26. The highest BCUT2D eigenvalue weighted by Crippen LogP contribution is 2.23. The van der Waals surface area contributed by atoms with Crippen molar-refractivity contribution in [1.82, 2.24) is 4.90 Å². The largest absolute Gasteiger partial charge is 0.480 e. The van der Waals surface area contributed by atoms with Gasteiger partial charge < -0.3 is 15.1 Å². The Bertz CT molecular complexity index is 536. The highest BCUT2D eigenvalue weighted by atomic mass is 79.9. The fourth-order valence-corrected chi connectivity index (χ4v) is 2.45. The van der Waals surface area contributed by atoms with E-state index in [0.717, 1.165) is 11.0 Å². The van der Waals surface area contributed by atoms with Crippen LogP contribution < -0.4 is 0 Å². The van der Waals surface area contributed by atoms with Gasteiger partial charge >= 0.3 is 5.97 Å². The van der Waals surface area contributed by atoms with E-state index in [-0.39, 0.29) is 18.5 Å². The highest BCUT2D eigenvalue weighted by Gasteiger charge is 2.39. The fraction of sp³-hybridized carbons (Fsp3) is 0.333. The van der Waals surface area contributed by atoms with Crippen LogP contribution in [0.15, 0.2) is 22.7 Å². The number of likely N-dealkylation sites (tertiary alicyclic amines) is 1. The van der Waals surface area contributed by atoms with Crippen molar-refractivity contribution < 1.29 is 24.2 Å². The first-order valence-electron chi connectivity index (χ1n) is 5.57. The lowest BCUT2D eigenvalue weighted by Gasteiger charge is -2.21. The number of aliphatic hydroxyl groups excluding tert-OH is 1. The van der Waals surface area contributed by atoms with Crippen LogP contribution in [0, 0.1) is 5.82 Å². The predicted molar refractivity (Wildman–Crippen MR) is 67.2 cm³/mol. The molecule has 0 unspecified atom stereocenters. The molecule has 102 valence electrons. The second-order valence-electron chi connectivity index (χ2n) is 4.33. The molecule has 2 N–H and O–H groups in total. The van der Waals surface area contributed by atoms with Crippen LogP contribution in [0.1, 0.15) is 16.8 Å². The third-order valence-corrected chi connectivity index (χ3v) is 3.48. The van der Waals surface area contributed by atoms with Crippen LogP contribution >= 0.6 is 15.9 Å². The number of nitrogens with zero attached hydrogens (tertiary/aromatic N) is 1. The number of hydrogen-bond donors (Lipinski definition) is 2. The van der Waals surface area contributed by atoms with Crippen molar-refractivity contribution in [3.05, 3.63) is 34.1 Å².